The standard InChI is InChI=1S/C24H18N2O6/c27-19-11-3-7-15(21(19)29)23(31)25-17-9-1-5-13-14(17)6-2-10-18(13)26-24(32)16-8-4-12-20(28)22(16)30/h1-12,27-30H,(H,25,31)(H,26,32)/p-2. The van der Waals surface area contributed by atoms with Crippen molar-refractivity contribution < 1.29 is 30.0 Å². The van der Waals surface area contributed by atoms with Crippen LogP contribution in [0, 0.1) is 0 Å². The highest BCUT2D eigenvalue weighted by molar-refractivity contribution is 6.15. The van der Waals surface area contributed by atoms with Crippen LogP contribution >= 0.6 is 0 Å². The van der Waals surface area contributed by atoms with Crippen molar-refractivity contribution in [3.05, 3.63) is 83.9 Å². The summed E-state index contributed by atoms with van der Waals surface area (Å²) in [5, 5.41) is 49.6. The predicted octanol–water partition coefficient (Wildman–Crippen LogP) is 2.90. The minimum Gasteiger partial charge on any atom is -0.869 e. The van der Waals surface area contributed by atoms with E-state index in [-0.39, 0.29) is 11.1 Å². The molecule has 0 radical (unpaired) electrons. The molecule has 2 amide bonds. The van der Waals surface area contributed by atoms with E-state index < -0.39 is 34.8 Å². The molecular formula is C24H16N2O6-2. The Labute approximate surface area is 182 Å². The summed E-state index contributed by atoms with van der Waals surface area (Å²) in [6.07, 6.45) is 0. The van der Waals surface area contributed by atoms with Crippen LogP contribution in [-0.2, 0) is 0 Å². The van der Waals surface area contributed by atoms with Gasteiger partial charge in [-0.2, -0.15) is 0 Å². The van der Waals surface area contributed by atoms with Gasteiger partial charge in [0.25, 0.3) is 11.8 Å². The lowest BCUT2D eigenvalue weighted by Gasteiger charge is -2.17. The number of phenolic OH excluding ortho intramolecular Hbond substituents is 2. The Morgan fingerprint density at radius 3 is 1.38 bits per heavy atom. The van der Waals surface area contributed by atoms with Crippen molar-refractivity contribution in [3.8, 4) is 23.0 Å². The molecule has 32 heavy (non-hydrogen) atoms. The Bertz CT molecular complexity index is 1260. The number of phenols is 2. The SMILES string of the molecule is O=C(Nc1cccc2c(NC(=O)c3cccc(O)c3[O-])cccc12)c1cccc(O)c1[O-]. The lowest BCUT2D eigenvalue weighted by atomic mass is 10.1. The second-order valence-corrected chi connectivity index (χ2v) is 6.92. The molecule has 4 aromatic rings. The number of benzene rings is 4. The summed E-state index contributed by atoms with van der Waals surface area (Å²) in [6.45, 7) is 0. The Kier molecular flexibility index (Phi) is 5.26. The Balaban J connectivity index is 1.67. The Hall–Kier alpha value is -4.72. The molecule has 0 saturated carbocycles. The number of anilines is 2. The first kappa shape index (κ1) is 20.5. The third-order valence-corrected chi connectivity index (χ3v) is 4.90. The lowest BCUT2D eigenvalue weighted by Crippen LogP contribution is -2.15. The second-order valence-electron chi connectivity index (χ2n) is 6.92. The number of para-hydroxylation sites is 2. The van der Waals surface area contributed by atoms with Crippen LogP contribution in [0.4, 0.5) is 11.4 Å². The molecule has 0 aliphatic rings. The topological polar surface area (TPSA) is 145 Å². The van der Waals surface area contributed by atoms with Crippen LogP contribution in [-0.4, -0.2) is 22.0 Å². The molecule has 0 saturated heterocycles. The Morgan fingerprint density at radius 2 is 0.969 bits per heavy atom. The van der Waals surface area contributed by atoms with Crippen molar-refractivity contribution in [1.82, 2.24) is 0 Å². The number of nitrogens with one attached hydrogen (secondary N) is 2. The quantitative estimate of drug-likeness (QED) is 0.393. The summed E-state index contributed by atoms with van der Waals surface area (Å²) in [6, 6.07) is 17.8. The fourth-order valence-electron chi connectivity index (χ4n) is 3.31. The fraction of sp³-hybridized carbons (Fsp3) is 0. The number of aromatic hydroxyl groups is 2. The van der Waals surface area contributed by atoms with E-state index in [0.29, 0.717) is 22.1 Å². The molecule has 0 bridgehead atoms. The predicted molar refractivity (Wildman–Crippen MR) is 115 cm³/mol. The summed E-state index contributed by atoms with van der Waals surface area (Å²) >= 11 is 0. The molecule has 4 aromatic carbocycles. The molecule has 0 atom stereocenters. The smallest absolute Gasteiger partial charge is 0.255 e. The van der Waals surface area contributed by atoms with E-state index in [2.05, 4.69) is 10.6 Å². The lowest BCUT2D eigenvalue weighted by molar-refractivity contribution is -0.271. The first-order valence-electron chi connectivity index (χ1n) is 9.49. The highest BCUT2D eigenvalue weighted by Gasteiger charge is 2.14. The molecule has 0 fully saturated rings. The zero-order chi connectivity index (χ0) is 22.8. The maximum atomic E-state index is 12.6. The normalized spacial score (nSPS) is 10.6. The number of carbonyl (C=O) groups excluding carboxylic acids is 2. The Morgan fingerprint density at radius 1 is 0.594 bits per heavy atom. The number of hydrogen-bond donors (Lipinski definition) is 4. The molecule has 0 aliphatic heterocycles. The van der Waals surface area contributed by atoms with Crippen LogP contribution in [0.15, 0.2) is 72.8 Å². The summed E-state index contributed by atoms with van der Waals surface area (Å²) in [5.74, 6) is -3.99. The van der Waals surface area contributed by atoms with E-state index in [4.69, 9.17) is 0 Å². The molecular weight excluding hydrogens is 412 g/mol. The van der Waals surface area contributed by atoms with Crippen molar-refractivity contribution in [2.45, 2.75) is 0 Å². The van der Waals surface area contributed by atoms with E-state index in [1.165, 1.54) is 36.4 Å². The van der Waals surface area contributed by atoms with Gasteiger partial charge in [-0.3, -0.25) is 9.59 Å². The van der Waals surface area contributed by atoms with E-state index >= 15 is 0 Å². The third-order valence-electron chi connectivity index (χ3n) is 4.90. The van der Waals surface area contributed by atoms with Crippen LogP contribution in [0.5, 0.6) is 23.0 Å². The van der Waals surface area contributed by atoms with Crippen LogP contribution in [0.2, 0.25) is 0 Å². The van der Waals surface area contributed by atoms with Gasteiger partial charge in [-0.15, -0.1) is 0 Å². The van der Waals surface area contributed by atoms with Gasteiger partial charge in [-0.05, 0) is 36.4 Å². The summed E-state index contributed by atoms with van der Waals surface area (Å²) < 4.78 is 0. The van der Waals surface area contributed by atoms with Gasteiger partial charge in [0.05, 0.1) is 0 Å². The van der Waals surface area contributed by atoms with Gasteiger partial charge in [0.1, 0.15) is 11.5 Å². The summed E-state index contributed by atoms with van der Waals surface area (Å²) in [4.78, 5) is 25.2. The maximum Gasteiger partial charge on any atom is 0.255 e. The van der Waals surface area contributed by atoms with Crippen molar-refractivity contribution in [2.75, 3.05) is 10.6 Å². The molecule has 0 heterocycles. The van der Waals surface area contributed by atoms with Crippen molar-refractivity contribution in [1.29, 1.82) is 0 Å². The average molecular weight is 428 g/mol. The first-order valence-corrected chi connectivity index (χ1v) is 9.49. The second kappa shape index (κ2) is 8.19. The van der Waals surface area contributed by atoms with Crippen LogP contribution < -0.4 is 20.8 Å². The molecule has 4 rings (SSSR count). The van der Waals surface area contributed by atoms with Gasteiger partial charge in [0, 0.05) is 33.3 Å². The van der Waals surface area contributed by atoms with Crippen LogP contribution in [0.25, 0.3) is 10.8 Å². The van der Waals surface area contributed by atoms with Crippen molar-refractivity contribution in [3.63, 3.8) is 0 Å². The van der Waals surface area contributed by atoms with Gasteiger partial charge in [-0.1, -0.05) is 47.9 Å². The van der Waals surface area contributed by atoms with E-state index in [9.17, 15) is 30.0 Å². The summed E-state index contributed by atoms with van der Waals surface area (Å²) in [5.41, 5.74) is 0.345. The van der Waals surface area contributed by atoms with Gasteiger partial charge in [0.15, 0.2) is 0 Å². The molecule has 8 heteroatoms. The minimum absolute atomic E-state index is 0.210. The molecule has 4 N–H and O–H groups in total. The molecule has 0 aliphatic carbocycles. The third kappa shape index (κ3) is 3.72. The monoisotopic (exact) mass is 428 g/mol. The number of rotatable bonds is 4. The van der Waals surface area contributed by atoms with Gasteiger partial charge in [-0.25, -0.2) is 0 Å². The number of amides is 2. The molecule has 0 unspecified atom stereocenters. The molecule has 160 valence electrons. The zero-order valence-corrected chi connectivity index (χ0v) is 16.5. The largest absolute Gasteiger partial charge is 0.869 e. The van der Waals surface area contributed by atoms with E-state index in [0.717, 1.165) is 0 Å². The van der Waals surface area contributed by atoms with Gasteiger partial charge >= 0.3 is 0 Å². The van der Waals surface area contributed by atoms with Gasteiger partial charge in [0.2, 0.25) is 0 Å². The van der Waals surface area contributed by atoms with Crippen molar-refractivity contribution >= 4 is 34.0 Å². The first-order chi connectivity index (χ1) is 15.4. The highest BCUT2D eigenvalue weighted by atomic mass is 16.3. The van der Waals surface area contributed by atoms with Crippen molar-refractivity contribution in [2.24, 2.45) is 0 Å². The molecule has 0 aromatic heterocycles. The minimum atomic E-state index is -0.780. The van der Waals surface area contributed by atoms with Gasteiger partial charge < -0.3 is 31.1 Å². The number of hydrogen-bond acceptors (Lipinski definition) is 6. The average Bonchev–Trinajstić information content (AvgIpc) is 2.78. The highest BCUT2D eigenvalue weighted by Crippen LogP contribution is 2.32. The van der Waals surface area contributed by atoms with E-state index in [1.807, 2.05) is 0 Å². The van der Waals surface area contributed by atoms with Crippen LogP contribution in [0.3, 0.4) is 0 Å². The summed E-state index contributed by atoms with van der Waals surface area (Å²) in [7, 11) is 0. The van der Waals surface area contributed by atoms with Crippen LogP contribution in [0.1, 0.15) is 20.7 Å². The molecule has 8 nitrogen and oxygen atoms in total. The number of carbonyl (C=O) groups is 2. The fourth-order valence-corrected chi connectivity index (χ4v) is 3.31. The zero-order valence-electron chi connectivity index (χ0n) is 16.5. The molecule has 0 spiro atoms. The van der Waals surface area contributed by atoms with E-state index in [1.54, 1.807) is 36.4 Å². The maximum absolute atomic E-state index is 12.6. The number of fused-ring (bicyclic) bond motifs is 1.